The fourth-order valence-electron chi connectivity index (χ4n) is 5.50. The summed E-state index contributed by atoms with van der Waals surface area (Å²) >= 11 is 7.70. The Morgan fingerprint density at radius 1 is 0.957 bits per heavy atom. The van der Waals surface area contributed by atoms with E-state index >= 15 is 0 Å². The van der Waals surface area contributed by atoms with Crippen molar-refractivity contribution in [2.24, 2.45) is 11.1 Å². The van der Waals surface area contributed by atoms with E-state index in [0.717, 1.165) is 45.9 Å². The highest BCUT2D eigenvalue weighted by Gasteiger charge is 2.57. The van der Waals surface area contributed by atoms with Gasteiger partial charge >= 0.3 is 11.0 Å². The van der Waals surface area contributed by atoms with Crippen molar-refractivity contribution < 1.29 is 36.0 Å². The van der Waals surface area contributed by atoms with Gasteiger partial charge in [0.25, 0.3) is 0 Å². The number of benzene rings is 3. The van der Waals surface area contributed by atoms with Crippen LogP contribution in [0.5, 0.6) is 0 Å². The molecule has 238 valence electrons. The van der Waals surface area contributed by atoms with E-state index in [4.69, 9.17) is 16.7 Å². The molecule has 0 spiro atoms. The standard InChI is InChI=1S/C29H20ClF3N4O6S3/c30-15-7-5-14(6-8-15)21-22-23(26(40)37(25(22)39)19-4-2-1-3-18(19)29(31,32)33)44-27-24(21)45-28(41)36(27)13-20(38)35-16-9-11-17(12-10-16)46(34,42)43/h1-12,21-23H,13H2,(H,35,38)(H2,34,42,43). The zero-order valence-electron chi connectivity index (χ0n) is 23.0. The molecule has 1 fully saturated rings. The molecule has 2 aliphatic heterocycles. The number of halogens is 4. The molecule has 6 rings (SSSR count). The Labute approximate surface area is 272 Å². The summed E-state index contributed by atoms with van der Waals surface area (Å²) in [6.45, 7) is -0.512. The number of carbonyl (C=O) groups is 3. The van der Waals surface area contributed by atoms with Crippen LogP contribution in [0.4, 0.5) is 24.5 Å². The van der Waals surface area contributed by atoms with Crippen LogP contribution in [0.3, 0.4) is 0 Å². The smallest absolute Gasteiger partial charge is 0.325 e. The van der Waals surface area contributed by atoms with Crippen LogP contribution in [0.1, 0.15) is 21.9 Å². The number of anilines is 2. The molecule has 0 aliphatic carbocycles. The van der Waals surface area contributed by atoms with Crippen molar-refractivity contribution in [3.05, 3.63) is 103 Å². The minimum absolute atomic E-state index is 0.171. The summed E-state index contributed by atoms with van der Waals surface area (Å²) in [6, 6.07) is 15.7. The van der Waals surface area contributed by atoms with E-state index in [1.54, 1.807) is 24.3 Å². The second-order valence-corrected chi connectivity index (χ2v) is 14.5. The van der Waals surface area contributed by atoms with Crippen molar-refractivity contribution in [1.82, 2.24) is 4.57 Å². The van der Waals surface area contributed by atoms with Crippen LogP contribution >= 0.6 is 34.7 Å². The van der Waals surface area contributed by atoms with E-state index in [0.29, 0.717) is 20.4 Å². The third kappa shape index (κ3) is 5.75. The molecule has 10 nitrogen and oxygen atoms in total. The third-order valence-corrected chi connectivity index (χ3v) is 11.3. The van der Waals surface area contributed by atoms with E-state index in [9.17, 15) is 40.8 Å². The van der Waals surface area contributed by atoms with Gasteiger partial charge in [-0.2, -0.15) is 13.2 Å². The fraction of sp³-hybridized carbons (Fsp3) is 0.172. The molecule has 1 saturated heterocycles. The number of imide groups is 1. The molecule has 2 aliphatic rings. The Morgan fingerprint density at radius 3 is 2.24 bits per heavy atom. The van der Waals surface area contributed by atoms with E-state index in [1.807, 2.05) is 0 Å². The van der Waals surface area contributed by atoms with E-state index in [1.165, 1.54) is 30.3 Å². The number of hydrogen-bond donors (Lipinski definition) is 2. The van der Waals surface area contributed by atoms with E-state index in [-0.39, 0.29) is 15.6 Å². The number of sulfonamides is 1. The Morgan fingerprint density at radius 2 is 1.61 bits per heavy atom. The molecule has 0 bridgehead atoms. The van der Waals surface area contributed by atoms with Crippen molar-refractivity contribution in [1.29, 1.82) is 0 Å². The third-order valence-electron chi connectivity index (χ3n) is 7.50. The number of nitrogens with zero attached hydrogens (tertiary/aromatic N) is 2. The van der Waals surface area contributed by atoms with Gasteiger partial charge < -0.3 is 5.32 Å². The number of amides is 3. The van der Waals surface area contributed by atoms with Crippen LogP contribution in [-0.4, -0.2) is 36.0 Å². The van der Waals surface area contributed by atoms with Crippen LogP contribution in [0.25, 0.3) is 0 Å². The molecule has 17 heteroatoms. The topological polar surface area (TPSA) is 149 Å². The van der Waals surface area contributed by atoms with Gasteiger partial charge in [-0.15, -0.1) is 0 Å². The maximum atomic E-state index is 14.0. The first-order chi connectivity index (χ1) is 21.6. The number of thioether (sulfide) groups is 1. The first kappa shape index (κ1) is 32.0. The van der Waals surface area contributed by atoms with Gasteiger partial charge in [0.05, 0.1) is 27.1 Å². The molecule has 0 saturated carbocycles. The lowest BCUT2D eigenvalue weighted by Gasteiger charge is -2.30. The number of fused-ring (bicyclic) bond motifs is 2. The predicted octanol–water partition coefficient (Wildman–Crippen LogP) is 4.66. The number of nitrogens with two attached hydrogens (primary N) is 1. The molecule has 0 radical (unpaired) electrons. The van der Waals surface area contributed by atoms with Crippen LogP contribution < -0.4 is 20.2 Å². The summed E-state index contributed by atoms with van der Waals surface area (Å²) in [5, 5.41) is 7.06. The molecule has 3 N–H and O–H groups in total. The zero-order valence-corrected chi connectivity index (χ0v) is 26.2. The Hall–Kier alpha value is -3.96. The maximum Gasteiger partial charge on any atom is 0.418 e. The molecule has 3 amide bonds. The summed E-state index contributed by atoms with van der Waals surface area (Å²) < 4.78 is 66.0. The Bertz CT molecular complexity index is 2070. The molecule has 3 heterocycles. The van der Waals surface area contributed by atoms with Gasteiger partial charge in [0.15, 0.2) is 0 Å². The molecular formula is C29H20ClF3N4O6S3. The van der Waals surface area contributed by atoms with E-state index < -0.39 is 73.7 Å². The summed E-state index contributed by atoms with van der Waals surface area (Å²) in [5.74, 6) is -4.47. The Kier molecular flexibility index (Phi) is 8.13. The monoisotopic (exact) mass is 708 g/mol. The lowest BCUT2D eigenvalue weighted by atomic mass is 9.83. The first-order valence-electron chi connectivity index (χ1n) is 13.3. The van der Waals surface area contributed by atoms with Gasteiger partial charge in [0.2, 0.25) is 27.7 Å². The minimum atomic E-state index is -4.85. The van der Waals surface area contributed by atoms with Crippen molar-refractivity contribution in [3.63, 3.8) is 0 Å². The predicted molar refractivity (Wildman–Crippen MR) is 165 cm³/mol. The van der Waals surface area contributed by atoms with E-state index in [2.05, 4.69) is 5.32 Å². The summed E-state index contributed by atoms with van der Waals surface area (Å²) in [5.41, 5.74) is -1.02. The highest BCUT2D eigenvalue weighted by atomic mass is 35.5. The van der Waals surface area contributed by atoms with Crippen molar-refractivity contribution >= 4 is 73.8 Å². The van der Waals surface area contributed by atoms with Crippen molar-refractivity contribution in [2.45, 2.75) is 33.8 Å². The number of aromatic nitrogens is 1. The average Bonchev–Trinajstić information content (AvgIpc) is 3.43. The van der Waals surface area contributed by atoms with Crippen LogP contribution in [0, 0.1) is 5.92 Å². The number of nitrogens with one attached hydrogen (secondary N) is 1. The SMILES string of the molecule is NS(=O)(=O)c1ccc(NC(=O)Cn2c3c(sc2=O)C(c2ccc(Cl)cc2)C2C(=O)N(c4ccccc4C(F)(F)F)C(=O)C2S3)cc1. The average molecular weight is 709 g/mol. The van der Waals surface area contributed by atoms with Gasteiger partial charge in [-0.05, 0) is 54.1 Å². The van der Waals surface area contributed by atoms with Crippen LogP contribution in [0.15, 0.2) is 87.5 Å². The highest BCUT2D eigenvalue weighted by molar-refractivity contribution is 8.00. The summed E-state index contributed by atoms with van der Waals surface area (Å²) in [4.78, 5) is 54.3. The molecular weight excluding hydrogens is 689 g/mol. The number of rotatable bonds is 6. The molecule has 3 unspecified atom stereocenters. The van der Waals surface area contributed by atoms with Crippen LogP contribution in [-0.2, 0) is 37.1 Å². The number of alkyl halides is 3. The number of thiazole rings is 1. The second kappa shape index (κ2) is 11.7. The highest BCUT2D eigenvalue weighted by Crippen LogP contribution is 2.54. The van der Waals surface area contributed by atoms with Gasteiger partial charge in [-0.25, -0.2) is 18.5 Å². The van der Waals surface area contributed by atoms with Gasteiger partial charge in [-0.1, -0.05) is 59.0 Å². The summed E-state index contributed by atoms with van der Waals surface area (Å²) in [7, 11) is -3.96. The lowest BCUT2D eigenvalue weighted by molar-refractivity contribution is -0.137. The number of carbonyl (C=O) groups excluding carboxylic acids is 3. The number of primary sulfonamides is 1. The maximum absolute atomic E-state index is 14.0. The molecule has 3 atom stereocenters. The second-order valence-electron chi connectivity index (χ2n) is 10.4. The van der Waals surface area contributed by atoms with Gasteiger partial charge in [0, 0.05) is 21.5 Å². The summed E-state index contributed by atoms with van der Waals surface area (Å²) in [6.07, 6.45) is -4.85. The normalized spacial score (nSPS) is 19.6. The molecule has 46 heavy (non-hydrogen) atoms. The molecule has 3 aromatic carbocycles. The first-order valence-corrected chi connectivity index (χ1v) is 16.9. The number of para-hydroxylation sites is 1. The van der Waals surface area contributed by atoms with Gasteiger partial charge in [0.1, 0.15) is 11.8 Å². The Balaban J connectivity index is 1.39. The quantitative estimate of drug-likeness (QED) is 0.277. The van der Waals surface area contributed by atoms with Crippen molar-refractivity contribution in [2.75, 3.05) is 10.2 Å². The molecule has 1 aromatic heterocycles. The van der Waals surface area contributed by atoms with Crippen LogP contribution in [0.2, 0.25) is 5.02 Å². The van der Waals surface area contributed by atoms with Crippen molar-refractivity contribution in [3.8, 4) is 0 Å². The largest absolute Gasteiger partial charge is 0.418 e. The number of hydrogen-bond acceptors (Lipinski definition) is 8. The molecule has 4 aromatic rings. The zero-order chi connectivity index (χ0) is 33.1. The fourth-order valence-corrected chi connectivity index (χ4v) is 8.92. The van der Waals surface area contributed by atoms with Gasteiger partial charge in [-0.3, -0.25) is 23.7 Å². The lowest BCUT2D eigenvalue weighted by Crippen LogP contribution is -2.33. The minimum Gasteiger partial charge on any atom is -0.325 e.